The highest BCUT2D eigenvalue weighted by Crippen LogP contribution is 2.10. The molecule has 0 spiro atoms. The molecule has 114 valence electrons. The Kier molecular flexibility index (Phi) is 6.65. The molecule has 8 heteroatoms. The van der Waals surface area contributed by atoms with Gasteiger partial charge in [0.25, 0.3) is 5.69 Å². The minimum absolute atomic E-state index is 0. The third-order valence-corrected chi connectivity index (χ3v) is 2.61. The Morgan fingerprint density at radius 3 is 2.45 bits per heavy atom. The fraction of sp³-hybridized carbons (Fsp3) is 0.0714. The average Bonchev–Trinajstić information content (AvgIpc) is 2.49. The zero-order valence-electron chi connectivity index (χ0n) is 11.4. The van der Waals surface area contributed by atoms with Crippen LogP contribution in [0.25, 0.3) is 0 Å². The summed E-state index contributed by atoms with van der Waals surface area (Å²) in [4.78, 5) is 21.6. The number of aromatic nitrogens is 1. The van der Waals surface area contributed by atoms with E-state index in [4.69, 9.17) is 0 Å². The van der Waals surface area contributed by atoms with Crippen LogP contribution in [-0.2, 0) is 11.3 Å². The summed E-state index contributed by atoms with van der Waals surface area (Å²) >= 11 is 0. The normalized spacial score (nSPS) is 10.0. The van der Waals surface area contributed by atoms with Gasteiger partial charge in [0.05, 0.1) is 11.1 Å². The van der Waals surface area contributed by atoms with Crippen LogP contribution in [0.5, 0.6) is 0 Å². The van der Waals surface area contributed by atoms with Crippen molar-refractivity contribution < 1.29 is 26.7 Å². The standard InChI is InChI=1S/C14H12N4O3.ClH/c19-14(11-17-8-2-1-3-9-17)16-15-10-12-4-6-13(7-5-12)18(20)21;/h1-10H,11H2;1H. The number of benzene rings is 1. The van der Waals surface area contributed by atoms with Gasteiger partial charge in [0.15, 0.2) is 12.4 Å². The van der Waals surface area contributed by atoms with Crippen molar-refractivity contribution in [2.24, 2.45) is 5.10 Å². The third kappa shape index (κ3) is 5.29. The Labute approximate surface area is 132 Å². The number of pyridine rings is 1. The SMILES string of the molecule is O=C(C[n+]1ccccc1)NN=Cc1ccc([N+](=O)[O-])cc1.[Cl-]. The number of nitrogens with one attached hydrogen (secondary N) is 1. The van der Waals surface area contributed by atoms with E-state index in [0.717, 1.165) is 0 Å². The average molecular weight is 321 g/mol. The molecule has 0 aliphatic carbocycles. The van der Waals surface area contributed by atoms with E-state index in [2.05, 4.69) is 10.5 Å². The van der Waals surface area contributed by atoms with Crippen molar-refractivity contribution in [1.82, 2.24) is 5.43 Å². The van der Waals surface area contributed by atoms with Crippen molar-refractivity contribution in [3.05, 3.63) is 70.5 Å². The van der Waals surface area contributed by atoms with Crippen LogP contribution in [0.4, 0.5) is 5.69 Å². The van der Waals surface area contributed by atoms with E-state index in [-0.39, 0.29) is 30.5 Å². The first-order valence-electron chi connectivity index (χ1n) is 6.15. The lowest BCUT2D eigenvalue weighted by atomic mass is 10.2. The highest BCUT2D eigenvalue weighted by Gasteiger charge is 2.06. The van der Waals surface area contributed by atoms with Crippen LogP contribution in [-0.4, -0.2) is 17.0 Å². The van der Waals surface area contributed by atoms with Gasteiger partial charge < -0.3 is 12.4 Å². The molecule has 0 saturated heterocycles. The molecule has 0 saturated carbocycles. The number of nitro groups is 1. The topological polar surface area (TPSA) is 88.5 Å². The van der Waals surface area contributed by atoms with E-state index in [0.29, 0.717) is 5.56 Å². The highest BCUT2D eigenvalue weighted by molar-refractivity contribution is 5.82. The maximum absolute atomic E-state index is 11.6. The number of hydrogen-bond donors (Lipinski definition) is 1. The number of carbonyl (C=O) groups is 1. The van der Waals surface area contributed by atoms with Gasteiger partial charge in [-0.3, -0.25) is 14.9 Å². The number of carbonyl (C=O) groups excluding carboxylic acids is 1. The molecule has 1 heterocycles. The van der Waals surface area contributed by atoms with Crippen LogP contribution in [0.3, 0.4) is 0 Å². The number of hydrazone groups is 1. The van der Waals surface area contributed by atoms with Crippen LogP contribution in [0, 0.1) is 10.1 Å². The minimum atomic E-state index is -0.472. The van der Waals surface area contributed by atoms with Crippen molar-refractivity contribution >= 4 is 17.8 Å². The Morgan fingerprint density at radius 1 is 1.23 bits per heavy atom. The van der Waals surface area contributed by atoms with Gasteiger partial charge in [-0.2, -0.15) is 9.67 Å². The molecule has 0 aliphatic rings. The summed E-state index contributed by atoms with van der Waals surface area (Å²) in [6.07, 6.45) is 4.98. The summed E-state index contributed by atoms with van der Waals surface area (Å²) in [6.45, 7) is 0.165. The first kappa shape index (κ1) is 17.3. The Bertz CT molecular complexity index is 660. The van der Waals surface area contributed by atoms with E-state index in [9.17, 15) is 14.9 Å². The van der Waals surface area contributed by atoms with Crippen molar-refractivity contribution in [3.63, 3.8) is 0 Å². The highest BCUT2D eigenvalue weighted by atomic mass is 35.5. The number of nitro benzene ring substituents is 1. The number of non-ortho nitro benzene ring substituents is 1. The van der Waals surface area contributed by atoms with E-state index in [1.807, 2.05) is 18.2 Å². The molecule has 0 unspecified atom stereocenters. The van der Waals surface area contributed by atoms with Crippen LogP contribution < -0.4 is 22.4 Å². The molecule has 0 radical (unpaired) electrons. The molecule has 1 N–H and O–H groups in total. The van der Waals surface area contributed by atoms with Gasteiger partial charge in [0.2, 0.25) is 6.54 Å². The predicted octanol–water partition coefficient (Wildman–Crippen LogP) is -1.96. The first-order valence-corrected chi connectivity index (χ1v) is 6.15. The van der Waals surface area contributed by atoms with Crippen molar-refractivity contribution in [3.8, 4) is 0 Å². The van der Waals surface area contributed by atoms with E-state index in [1.165, 1.54) is 18.3 Å². The molecule has 1 aromatic heterocycles. The monoisotopic (exact) mass is 320 g/mol. The fourth-order valence-electron chi connectivity index (χ4n) is 1.60. The van der Waals surface area contributed by atoms with Gasteiger partial charge >= 0.3 is 5.91 Å². The largest absolute Gasteiger partial charge is 1.00 e. The molecule has 0 atom stereocenters. The molecule has 1 aromatic carbocycles. The summed E-state index contributed by atoms with van der Waals surface area (Å²) in [5.74, 6) is -0.260. The lowest BCUT2D eigenvalue weighted by molar-refractivity contribution is -0.684. The number of nitrogens with zero attached hydrogens (tertiary/aromatic N) is 3. The number of halogens is 1. The third-order valence-electron chi connectivity index (χ3n) is 2.61. The number of amides is 1. The first-order chi connectivity index (χ1) is 10.1. The molecule has 0 bridgehead atoms. The van der Waals surface area contributed by atoms with Gasteiger partial charge in [0.1, 0.15) is 0 Å². The molecule has 2 rings (SSSR count). The van der Waals surface area contributed by atoms with Gasteiger partial charge in [-0.25, -0.2) is 5.43 Å². The van der Waals surface area contributed by atoms with Crippen LogP contribution in [0.15, 0.2) is 60.0 Å². The second-order valence-electron chi connectivity index (χ2n) is 4.19. The van der Waals surface area contributed by atoms with Crippen LogP contribution >= 0.6 is 0 Å². The summed E-state index contributed by atoms with van der Waals surface area (Å²) in [5, 5.41) is 14.3. The number of rotatable bonds is 5. The minimum Gasteiger partial charge on any atom is -1.00 e. The summed E-state index contributed by atoms with van der Waals surface area (Å²) < 4.78 is 1.72. The maximum atomic E-state index is 11.6. The number of hydrogen-bond acceptors (Lipinski definition) is 4. The van der Waals surface area contributed by atoms with E-state index >= 15 is 0 Å². The second kappa shape index (κ2) is 8.48. The van der Waals surface area contributed by atoms with Gasteiger partial charge in [-0.1, -0.05) is 6.07 Å². The summed E-state index contributed by atoms with van der Waals surface area (Å²) in [6, 6.07) is 11.4. The molecule has 2 aromatic rings. The Morgan fingerprint density at radius 2 is 1.86 bits per heavy atom. The van der Waals surface area contributed by atoms with Crippen molar-refractivity contribution in [2.75, 3.05) is 0 Å². The van der Waals surface area contributed by atoms with Crippen molar-refractivity contribution in [1.29, 1.82) is 0 Å². The van der Waals surface area contributed by atoms with Gasteiger partial charge in [-0.15, -0.1) is 0 Å². The zero-order valence-corrected chi connectivity index (χ0v) is 12.2. The molecular weight excluding hydrogens is 308 g/mol. The quantitative estimate of drug-likeness (QED) is 0.300. The van der Waals surface area contributed by atoms with Crippen LogP contribution in [0.1, 0.15) is 5.56 Å². The molecule has 22 heavy (non-hydrogen) atoms. The van der Waals surface area contributed by atoms with Crippen molar-refractivity contribution in [2.45, 2.75) is 6.54 Å². The Balaban J connectivity index is 0.00000242. The fourth-order valence-corrected chi connectivity index (χ4v) is 1.60. The summed E-state index contributed by atoms with van der Waals surface area (Å²) in [7, 11) is 0. The molecule has 7 nitrogen and oxygen atoms in total. The summed E-state index contributed by atoms with van der Waals surface area (Å²) in [5.41, 5.74) is 3.06. The molecule has 0 fully saturated rings. The molecule has 1 amide bonds. The second-order valence-corrected chi connectivity index (χ2v) is 4.19. The van der Waals surface area contributed by atoms with E-state index < -0.39 is 4.92 Å². The van der Waals surface area contributed by atoms with Crippen LogP contribution in [0.2, 0.25) is 0 Å². The predicted molar refractivity (Wildman–Crippen MR) is 75.5 cm³/mol. The maximum Gasteiger partial charge on any atom is 0.305 e. The van der Waals surface area contributed by atoms with Gasteiger partial charge in [-0.05, 0) is 17.7 Å². The lowest BCUT2D eigenvalue weighted by Gasteiger charge is -1.96. The Hall–Kier alpha value is -2.80. The zero-order chi connectivity index (χ0) is 15.1. The molecular formula is C14H13ClN4O3. The van der Waals surface area contributed by atoms with Gasteiger partial charge in [0, 0.05) is 24.3 Å². The molecule has 0 aliphatic heterocycles. The lowest BCUT2D eigenvalue weighted by Crippen LogP contribution is -3.00. The smallest absolute Gasteiger partial charge is 0.305 e. The van der Waals surface area contributed by atoms with E-state index in [1.54, 1.807) is 29.1 Å².